The summed E-state index contributed by atoms with van der Waals surface area (Å²) in [5.41, 5.74) is 0.769. The Labute approximate surface area is 291 Å². The second kappa shape index (κ2) is 20.0. The van der Waals surface area contributed by atoms with Gasteiger partial charge < -0.3 is 70.9 Å². The SMILES string of the molecule is O=C(O)c1ccccc1[S-].O=C(O)c1ccccc1[S-].O=C(O)c1ccccc1[S-].O=C(O)c1ccccc1[S-].[Ce+4]. The van der Waals surface area contributed by atoms with Crippen molar-refractivity contribution in [3.8, 4) is 0 Å². The number of benzene rings is 4. The predicted octanol–water partition coefficient (Wildman–Crippen LogP) is 5.16. The van der Waals surface area contributed by atoms with Crippen LogP contribution in [-0.2, 0) is 50.5 Å². The molecule has 0 aliphatic rings. The molecule has 0 bridgehead atoms. The zero-order valence-corrected chi connectivity index (χ0v) is 27.2. The maximum atomic E-state index is 10.4. The number of carbonyl (C=O) groups is 4. The van der Waals surface area contributed by atoms with Crippen molar-refractivity contribution in [3.63, 3.8) is 0 Å². The zero-order valence-electron chi connectivity index (χ0n) is 20.8. The van der Waals surface area contributed by atoms with E-state index in [1.807, 2.05) is 0 Å². The van der Waals surface area contributed by atoms with Gasteiger partial charge in [0.15, 0.2) is 0 Å². The third-order valence-corrected chi connectivity index (χ3v) is 5.89. The molecule has 0 aromatic heterocycles. The number of rotatable bonds is 4. The Bertz CT molecular complexity index is 1260. The molecule has 4 aromatic rings. The van der Waals surface area contributed by atoms with Crippen molar-refractivity contribution in [2.45, 2.75) is 19.6 Å². The molecule has 0 unspecified atom stereocenters. The topological polar surface area (TPSA) is 149 Å². The Morgan fingerprint density at radius 2 is 0.512 bits per heavy atom. The summed E-state index contributed by atoms with van der Waals surface area (Å²) in [7, 11) is 0. The van der Waals surface area contributed by atoms with Crippen molar-refractivity contribution in [2.24, 2.45) is 0 Å². The first kappa shape index (κ1) is 38.0. The number of aromatic carboxylic acids is 4. The van der Waals surface area contributed by atoms with Gasteiger partial charge in [-0.3, -0.25) is 0 Å². The van der Waals surface area contributed by atoms with E-state index in [-0.39, 0.29) is 64.0 Å². The van der Waals surface area contributed by atoms with E-state index in [0.29, 0.717) is 19.6 Å². The van der Waals surface area contributed by atoms with E-state index in [2.05, 4.69) is 0 Å². The smallest absolute Gasteiger partial charge is 0.779 e. The van der Waals surface area contributed by atoms with E-state index in [4.69, 9.17) is 70.9 Å². The van der Waals surface area contributed by atoms with Gasteiger partial charge in [-0.25, -0.2) is 19.2 Å². The third-order valence-electron chi connectivity index (χ3n) is 4.47. The molecular formula is C28H20CeO8S4. The summed E-state index contributed by atoms with van der Waals surface area (Å²) in [6, 6.07) is 25.8. The molecule has 208 valence electrons. The largest absolute Gasteiger partial charge is 4.00 e. The van der Waals surface area contributed by atoms with Crippen LogP contribution in [0.4, 0.5) is 0 Å². The average molecular weight is 753 g/mol. The molecule has 0 fully saturated rings. The zero-order chi connectivity index (χ0) is 30.2. The molecule has 0 saturated heterocycles. The molecule has 0 saturated carbocycles. The van der Waals surface area contributed by atoms with Gasteiger partial charge in [0.25, 0.3) is 0 Å². The quantitative estimate of drug-likeness (QED) is 0.204. The number of hydrogen-bond acceptors (Lipinski definition) is 8. The normalized spacial score (nSPS) is 8.98. The Hall–Kier alpha value is -2.98. The van der Waals surface area contributed by atoms with Crippen LogP contribution in [0.3, 0.4) is 0 Å². The van der Waals surface area contributed by atoms with Crippen molar-refractivity contribution in [1.82, 2.24) is 0 Å². The van der Waals surface area contributed by atoms with Crippen LogP contribution in [0.25, 0.3) is 0 Å². The fraction of sp³-hybridized carbons (Fsp3) is 0. The van der Waals surface area contributed by atoms with Gasteiger partial charge in [0.2, 0.25) is 0 Å². The van der Waals surface area contributed by atoms with Crippen LogP contribution in [0, 0.1) is 41.7 Å². The molecule has 0 aliphatic carbocycles. The maximum Gasteiger partial charge on any atom is 4.00 e. The van der Waals surface area contributed by atoms with E-state index in [9.17, 15) is 19.2 Å². The second-order valence-electron chi connectivity index (χ2n) is 7.21. The van der Waals surface area contributed by atoms with Crippen molar-refractivity contribution in [1.29, 1.82) is 0 Å². The molecule has 0 radical (unpaired) electrons. The van der Waals surface area contributed by atoms with Crippen LogP contribution < -0.4 is 0 Å². The van der Waals surface area contributed by atoms with Gasteiger partial charge in [0.1, 0.15) is 0 Å². The van der Waals surface area contributed by atoms with Crippen LogP contribution in [-0.4, -0.2) is 44.3 Å². The van der Waals surface area contributed by atoms with Crippen LogP contribution in [0.5, 0.6) is 0 Å². The minimum Gasteiger partial charge on any atom is -0.779 e. The van der Waals surface area contributed by atoms with E-state index in [0.717, 1.165) is 0 Å². The summed E-state index contributed by atoms with van der Waals surface area (Å²) >= 11 is 19.0. The first-order valence-corrected chi connectivity index (χ1v) is 12.5. The average Bonchev–Trinajstić information content (AvgIpc) is 2.90. The molecule has 8 nitrogen and oxygen atoms in total. The van der Waals surface area contributed by atoms with E-state index >= 15 is 0 Å². The monoisotopic (exact) mass is 752 g/mol. The fourth-order valence-corrected chi connectivity index (χ4v) is 3.51. The van der Waals surface area contributed by atoms with Crippen LogP contribution in [0.2, 0.25) is 0 Å². The van der Waals surface area contributed by atoms with Crippen LogP contribution >= 0.6 is 0 Å². The van der Waals surface area contributed by atoms with Gasteiger partial charge in [-0.15, -0.1) is 0 Å². The molecule has 4 rings (SSSR count). The van der Waals surface area contributed by atoms with Gasteiger partial charge in [-0.05, 0) is 24.3 Å². The summed E-state index contributed by atoms with van der Waals surface area (Å²) in [6.45, 7) is 0. The van der Waals surface area contributed by atoms with Gasteiger partial charge in [0.05, 0.1) is 0 Å². The minimum atomic E-state index is -0.967. The Kier molecular flexibility index (Phi) is 18.5. The first-order chi connectivity index (χ1) is 18.9. The molecule has 0 aliphatic heterocycles. The Balaban J connectivity index is 0.000000516. The minimum absolute atomic E-state index is 0. The summed E-state index contributed by atoms with van der Waals surface area (Å²) in [6.07, 6.45) is 0. The molecule has 4 aromatic carbocycles. The standard InChI is InChI=1S/4C7H6O2S.Ce/c4*8-7(9)5-3-1-2-4-6(5)10;/h4*1-4,10H,(H,8,9);/q;;;;+4/p-4. The van der Waals surface area contributed by atoms with Gasteiger partial charge in [0, 0.05) is 22.3 Å². The van der Waals surface area contributed by atoms with E-state index < -0.39 is 23.9 Å². The van der Waals surface area contributed by atoms with Crippen molar-refractivity contribution >= 4 is 74.4 Å². The molecule has 41 heavy (non-hydrogen) atoms. The van der Waals surface area contributed by atoms with Crippen LogP contribution in [0.1, 0.15) is 41.4 Å². The predicted molar refractivity (Wildman–Crippen MR) is 156 cm³/mol. The number of carboxylic acid groups (broad SMARTS) is 4. The molecule has 4 N–H and O–H groups in total. The van der Waals surface area contributed by atoms with Gasteiger partial charge >= 0.3 is 65.6 Å². The third kappa shape index (κ3) is 14.0. The van der Waals surface area contributed by atoms with E-state index in [1.54, 1.807) is 72.8 Å². The summed E-state index contributed by atoms with van der Waals surface area (Å²) in [5.74, 6) is -3.87. The van der Waals surface area contributed by atoms with Crippen LogP contribution in [0.15, 0.2) is 117 Å². The number of carboxylic acids is 4. The molecule has 0 atom stereocenters. The van der Waals surface area contributed by atoms with Crippen molar-refractivity contribution in [2.75, 3.05) is 0 Å². The summed E-state index contributed by atoms with van der Waals surface area (Å²) in [5, 5.41) is 34.0. The summed E-state index contributed by atoms with van der Waals surface area (Å²) < 4.78 is 0. The molecule has 0 spiro atoms. The Morgan fingerprint density at radius 1 is 0.366 bits per heavy atom. The van der Waals surface area contributed by atoms with E-state index in [1.165, 1.54) is 24.3 Å². The van der Waals surface area contributed by atoms with Gasteiger partial charge in [-0.1, -0.05) is 72.8 Å². The fourth-order valence-electron chi connectivity index (χ4n) is 2.57. The second-order valence-corrected chi connectivity index (χ2v) is 8.96. The molecule has 0 heterocycles. The Morgan fingerprint density at radius 3 is 0.610 bits per heavy atom. The summed E-state index contributed by atoms with van der Waals surface area (Å²) in [4.78, 5) is 43.0. The first-order valence-electron chi connectivity index (χ1n) is 10.8. The van der Waals surface area contributed by atoms with Crippen molar-refractivity contribution < 1.29 is 81.4 Å². The molecule has 13 heteroatoms. The van der Waals surface area contributed by atoms with Crippen molar-refractivity contribution in [3.05, 3.63) is 119 Å². The van der Waals surface area contributed by atoms with Gasteiger partial charge in [-0.2, -0.15) is 19.6 Å². The maximum absolute atomic E-state index is 10.4. The molecule has 0 amide bonds. The molecular weight excluding hydrogens is 733 g/mol. The number of hydrogen-bond donors (Lipinski definition) is 4.